The number of benzene rings is 2. The maximum Gasteiger partial charge on any atom is 0.421 e. The van der Waals surface area contributed by atoms with E-state index in [4.69, 9.17) is 0 Å². The molecule has 2 aromatic carbocycles. The molecule has 4 rings (SSSR count). The number of fused-ring (bicyclic) bond motifs is 1. The first-order valence-corrected chi connectivity index (χ1v) is 14.3. The van der Waals surface area contributed by atoms with Crippen molar-refractivity contribution in [1.82, 2.24) is 10.2 Å². The summed E-state index contributed by atoms with van der Waals surface area (Å²) in [4.78, 5) is 37.4. The minimum atomic E-state index is -5.01. The van der Waals surface area contributed by atoms with E-state index in [0.29, 0.717) is 11.8 Å². The summed E-state index contributed by atoms with van der Waals surface area (Å²) in [6.45, 7) is 0.578. The monoisotopic (exact) mass is 617 g/mol. The molecule has 0 bridgehead atoms. The maximum atomic E-state index is 13.8. The number of urea groups is 1. The molecule has 2 unspecified atom stereocenters. The Hall–Kier alpha value is -3.59. The molecule has 0 spiro atoms. The van der Waals surface area contributed by atoms with E-state index in [1.165, 1.54) is 6.92 Å². The normalized spacial score (nSPS) is 22.5. The summed E-state index contributed by atoms with van der Waals surface area (Å²) < 4.78 is 95.6. The lowest BCUT2D eigenvalue weighted by molar-refractivity contribution is -0.258. The molecule has 0 radical (unpaired) electrons. The number of alkyl halides is 4. The number of halogens is 5. The Morgan fingerprint density at radius 2 is 1.79 bits per heavy atom. The molecule has 0 saturated carbocycles. The third-order valence-corrected chi connectivity index (χ3v) is 9.59. The largest absolute Gasteiger partial charge is 0.421 e. The van der Waals surface area contributed by atoms with Crippen LogP contribution in [0.4, 0.5) is 32.4 Å². The van der Waals surface area contributed by atoms with Crippen LogP contribution in [-0.2, 0) is 31.6 Å². The van der Waals surface area contributed by atoms with E-state index in [9.17, 15) is 49.9 Å². The van der Waals surface area contributed by atoms with Gasteiger partial charge < -0.3 is 10.4 Å². The van der Waals surface area contributed by atoms with Crippen LogP contribution in [0.1, 0.15) is 50.7 Å². The Kier molecular flexibility index (Phi) is 8.15. The van der Waals surface area contributed by atoms with Crippen LogP contribution in [0.25, 0.3) is 0 Å². The van der Waals surface area contributed by atoms with Gasteiger partial charge >= 0.3 is 12.2 Å². The maximum absolute atomic E-state index is 13.8. The van der Waals surface area contributed by atoms with Crippen LogP contribution in [0.2, 0.25) is 0 Å². The zero-order valence-electron chi connectivity index (χ0n) is 22.5. The van der Waals surface area contributed by atoms with Crippen molar-refractivity contribution in [2.75, 3.05) is 11.1 Å². The Labute approximate surface area is 238 Å². The van der Waals surface area contributed by atoms with Crippen LogP contribution in [-0.4, -0.2) is 60.7 Å². The summed E-state index contributed by atoms with van der Waals surface area (Å²) in [5.41, 5.74) is -5.07. The first-order chi connectivity index (χ1) is 19.4. The van der Waals surface area contributed by atoms with Gasteiger partial charge in [-0.3, -0.25) is 13.9 Å². The van der Waals surface area contributed by atoms with E-state index in [1.807, 2.05) is 0 Å². The van der Waals surface area contributed by atoms with Crippen LogP contribution in [0.15, 0.2) is 47.4 Å². The predicted octanol–water partition coefficient (Wildman–Crippen LogP) is 4.08. The number of rotatable bonds is 9. The number of aliphatic hydroxyl groups is 1. The molecule has 2 heterocycles. The van der Waals surface area contributed by atoms with Crippen molar-refractivity contribution in [2.24, 2.45) is 0 Å². The fourth-order valence-corrected chi connectivity index (χ4v) is 6.83. The lowest BCUT2D eigenvalue weighted by atomic mass is 9.88. The third-order valence-electron chi connectivity index (χ3n) is 7.71. The second kappa shape index (κ2) is 10.9. The highest BCUT2D eigenvalue weighted by molar-refractivity contribution is 7.92. The predicted molar refractivity (Wildman–Crippen MR) is 139 cm³/mol. The zero-order valence-corrected chi connectivity index (χ0v) is 23.4. The molecule has 228 valence electrons. The van der Waals surface area contributed by atoms with Crippen molar-refractivity contribution in [3.8, 4) is 0 Å². The zero-order chi connectivity index (χ0) is 31.3. The third kappa shape index (κ3) is 5.59. The number of hydrogen-bond acceptors (Lipinski definition) is 6. The molecule has 1 saturated heterocycles. The number of hydrogen-bond donors (Lipinski definition) is 2. The fourth-order valence-electron chi connectivity index (χ4n) is 5.11. The van der Waals surface area contributed by atoms with Gasteiger partial charge in [0.1, 0.15) is 17.1 Å². The number of ketones is 1. The van der Waals surface area contributed by atoms with Gasteiger partial charge in [0.2, 0.25) is 0 Å². The van der Waals surface area contributed by atoms with Crippen molar-refractivity contribution in [3.05, 3.63) is 59.4 Å². The van der Waals surface area contributed by atoms with Crippen LogP contribution >= 0.6 is 0 Å². The number of amides is 3. The highest BCUT2D eigenvalue weighted by Crippen LogP contribution is 2.43. The standard InChI is InChI=1S/C27H28F5N3O6S/c1-25(23(37)34(15-28)24(38)33-25)12-11-20(36)14-19-7-3-16-13-17(26(2,39)27(30,31)32)4-10-22(16)35(19)42(40,41)21-8-5-18(29)6-9-21/h4-6,8-10,13,19,39H,3,7,11-12,14-15H2,1-2H3,(H,33,38)/t19-,25?,26?/m0/s1. The molecule has 0 aromatic heterocycles. The van der Waals surface area contributed by atoms with Gasteiger partial charge in [-0.05, 0) is 74.6 Å². The number of anilines is 1. The van der Waals surface area contributed by atoms with Crippen LogP contribution in [0.3, 0.4) is 0 Å². The van der Waals surface area contributed by atoms with E-state index in [2.05, 4.69) is 5.32 Å². The van der Waals surface area contributed by atoms with E-state index >= 15 is 0 Å². The van der Waals surface area contributed by atoms with Crippen molar-refractivity contribution >= 4 is 33.4 Å². The first-order valence-electron chi connectivity index (χ1n) is 12.9. The van der Waals surface area contributed by atoms with E-state index in [0.717, 1.165) is 46.8 Å². The number of sulfonamides is 1. The summed E-state index contributed by atoms with van der Waals surface area (Å²) in [5.74, 6) is -2.03. The molecule has 0 aliphatic carbocycles. The van der Waals surface area contributed by atoms with Crippen molar-refractivity contribution in [2.45, 2.75) is 74.2 Å². The first kappa shape index (κ1) is 31.3. The van der Waals surface area contributed by atoms with Crippen LogP contribution < -0.4 is 9.62 Å². The molecule has 42 heavy (non-hydrogen) atoms. The second-order valence-electron chi connectivity index (χ2n) is 10.7. The Balaban J connectivity index is 1.65. The topological polar surface area (TPSA) is 124 Å². The summed E-state index contributed by atoms with van der Waals surface area (Å²) >= 11 is 0. The minimum absolute atomic E-state index is 0.00566. The lowest BCUT2D eigenvalue weighted by Gasteiger charge is -2.38. The Morgan fingerprint density at radius 1 is 1.14 bits per heavy atom. The van der Waals surface area contributed by atoms with E-state index < -0.39 is 69.3 Å². The molecular formula is C27H28F5N3O6S. The summed E-state index contributed by atoms with van der Waals surface area (Å²) in [7, 11) is -4.46. The SMILES string of the molecule is CC1(CCC(=O)C[C@@H]2CCc3cc(C(C)(O)C(F)(F)F)ccc3N2S(=O)(=O)c2ccc(F)cc2)NC(=O)N(CF)C1=O. The number of nitrogens with zero attached hydrogens (tertiary/aromatic N) is 2. The van der Waals surface area contributed by atoms with Gasteiger partial charge in [0.15, 0.2) is 12.4 Å². The van der Waals surface area contributed by atoms with E-state index in [1.54, 1.807) is 0 Å². The number of imide groups is 1. The quantitative estimate of drug-likeness (QED) is 0.248. The lowest BCUT2D eigenvalue weighted by Crippen LogP contribution is -2.46. The number of Topliss-reactive ketones (excluding diaryl/α,β-unsaturated/α-hetero) is 1. The molecule has 3 amide bonds. The molecule has 9 nitrogen and oxygen atoms in total. The van der Waals surface area contributed by atoms with Crippen molar-refractivity contribution < 1.29 is 49.9 Å². The molecule has 2 aliphatic heterocycles. The average Bonchev–Trinajstić information content (AvgIpc) is 3.13. The summed E-state index contributed by atoms with van der Waals surface area (Å²) in [5, 5.41) is 12.5. The highest BCUT2D eigenvalue weighted by atomic mass is 32.2. The van der Waals surface area contributed by atoms with Gasteiger partial charge in [0.05, 0.1) is 16.6 Å². The highest BCUT2D eigenvalue weighted by Gasteiger charge is 2.52. The Morgan fingerprint density at radius 3 is 2.36 bits per heavy atom. The molecular weight excluding hydrogens is 589 g/mol. The van der Waals surface area contributed by atoms with Gasteiger partial charge in [-0.15, -0.1) is 0 Å². The molecule has 2 N–H and O–H groups in total. The summed E-state index contributed by atoms with van der Waals surface area (Å²) in [6, 6.07) is 5.10. The Bertz CT molecular complexity index is 1510. The second-order valence-corrected chi connectivity index (χ2v) is 12.5. The smallest absolute Gasteiger partial charge is 0.376 e. The molecule has 2 aromatic rings. The average molecular weight is 618 g/mol. The van der Waals surface area contributed by atoms with Gasteiger partial charge in [-0.1, -0.05) is 12.1 Å². The molecule has 3 atom stereocenters. The van der Waals surface area contributed by atoms with E-state index in [-0.39, 0.29) is 48.3 Å². The number of carbonyl (C=O) groups is 3. The fraction of sp³-hybridized carbons (Fsp3) is 0.444. The van der Waals surface area contributed by atoms with Crippen molar-refractivity contribution in [3.63, 3.8) is 0 Å². The number of nitrogens with one attached hydrogen (secondary N) is 1. The minimum Gasteiger partial charge on any atom is -0.376 e. The number of aryl methyl sites for hydroxylation is 1. The summed E-state index contributed by atoms with van der Waals surface area (Å²) in [6.07, 6.45) is -5.74. The molecule has 2 aliphatic rings. The molecule has 15 heteroatoms. The molecule has 1 fully saturated rings. The van der Waals surface area contributed by atoms with Gasteiger partial charge in [-0.25, -0.2) is 26.9 Å². The van der Waals surface area contributed by atoms with Gasteiger partial charge in [0, 0.05) is 12.8 Å². The van der Waals surface area contributed by atoms with Crippen LogP contribution in [0.5, 0.6) is 0 Å². The van der Waals surface area contributed by atoms with Gasteiger partial charge in [0.25, 0.3) is 15.9 Å². The van der Waals surface area contributed by atoms with Gasteiger partial charge in [-0.2, -0.15) is 13.2 Å². The van der Waals surface area contributed by atoms with Crippen molar-refractivity contribution in [1.29, 1.82) is 0 Å². The number of carbonyl (C=O) groups excluding carboxylic acids is 3. The van der Waals surface area contributed by atoms with Crippen LogP contribution in [0, 0.1) is 5.82 Å².